The summed E-state index contributed by atoms with van der Waals surface area (Å²) in [5.41, 5.74) is 1.02. The van der Waals surface area contributed by atoms with Gasteiger partial charge in [-0.3, -0.25) is 0 Å². The highest BCUT2D eigenvalue weighted by Gasteiger charge is 2.27. The van der Waals surface area contributed by atoms with E-state index in [0.717, 1.165) is 5.57 Å². The minimum Gasteiger partial charge on any atom is -0.392 e. The van der Waals surface area contributed by atoms with E-state index >= 15 is 0 Å². The first-order valence-corrected chi connectivity index (χ1v) is 6.63. The summed E-state index contributed by atoms with van der Waals surface area (Å²) in [5, 5.41) is 8.27. The first-order chi connectivity index (χ1) is 6.52. The smallest absolute Gasteiger partial charge is 0.392 e. The molecule has 10 heteroatoms. The lowest BCUT2D eigenvalue weighted by atomic mass is 10.3. The van der Waals surface area contributed by atoms with Crippen LogP contribution in [0.1, 0.15) is 13.8 Å². The van der Waals surface area contributed by atoms with E-state index in [-0.39, 0.29) is 6.61 Å². The highest BCUT2D eigenvalue weighted by Crippen LogP contribution is 2.53. The fourth-order valence-corrected chi connectivity index (χ4v) is 1.34. The van der Waals surface area contributed by atoms with Crippen LogP contribution >= 0.6 is 15.6 Å². The van der Waals surface area contributed by atoms with E-state index in [1.807, 2.05) is 19.9 Å². The molecule has 8 nitrogen and oxygen atoms in total. The number of rotatable bonds is 3. The van der Waals surface area contributed by atoms with Crippen molar-refractivity contribution in [2.24, 2.45) is 0 Å². The lowest BCUT2D eigenvalue weighted by molar-refractivity contribution is 0.225. The minimum atomic E-state index is -5.05. The fraction of sp³-hybridized carbons (Fsp3) is 0.600. The lowest BCUT2D eigenvalue weighted by Crippen LogP contribution is -1.84. The molecular formula is C5H14O8P2. The molecule has 0 aliphatic heterocycles. The summed E-state index contributed by atoms with van der Waals surface area (Å²) in [6, 6.07) is 0. The van der Waals surface area contributed by atoms with Crippen LogP contribution in [0.4, 0.5) is 0 Å². The Morgan fingerprint density at radius 3 is 1.53 bits per heavy atom. The van der Waals surface area contributed by atoms with E-state index in [9.17, 15) is 9.13 Å². The third kappa shape index (κ3) is 20.1. The number of aliphatic hydroxyl groups excluding tert-OH is 1. The topological polar surface area (TPSA) is 145 Å². The highest BCUT2D eigenvalue weighted by atomic mass is 31.3. The molecule has 0 aromatic heterocycles. The maximum Gasteiger partial charge on any atom is 0.478 e. The Hall–Kier alpha value is -0.0400. The second kappa shape index (κ2) is 7.27. The molecule has 0 radical (unpaired) electrons. The Balaban J connectivity index is 0. The van der Waals surface area contributed by atoms with Gasteiger partial charge in [-0.25, -0.2) is 9.13 Å². The van der Waals surface area contributed by atoms with Gasteiger partial charge in [0.05, 0.1) is 6.61 Å². The van der Waals surface area contributed by atoms with Crippen molar-refractivity contribution in [1.29, 1.82) is 0 Å². The van der Waals surface area contributed by atoms with Crippen molar-refractivity contribution in [3.05, 3.63) is 11.6 Å². The predicted octanol–water partition coefficient (Wildman–Crippen LogP) is 0.133. The van der Waals surface area contributed by atoms with Crippen LogP contribution in [-0.2, 0) is 13.4 Å². The molecule has 0 bridgehead atoms. The van der Waals surface area contributed by atoms with Crippen molar-refractivity contribution in [2.75, 3.05) is 6.61 Å². The minimum absolute atomic E-state index is 0.191. The molecule has 92 valence electrons. The molecule has 15 heavy (non-hydrogen) atoms. The Kier molecular flexibility index (Phi) is 8.41. The van der Waals surface area contributed by atoms with Crippen LogP contribution in [0.2, 0.25) is 0 Å². The van der Waals surface area contributed by atoms with Gasteiger partial charge in [0.1, 0.15) is 0 Å². The lowest BCUT2D eigenvalue weighted by Gasteiger charge is -2.03. The molecule has 0 amide bonds. The number of hydrogen-bond donors (Lipinski definition) is 5. The zero-order valence-electron chi connectivity index (χ0n) is 8.14. The van der Waals surface area contributed by atoms with E-state index in [4.69, 9.17) is 24.7 Å². The van der Waals surface area contributed by atoms with Crippen LogP contribution in [0.15, 0.2) is 11.6 Å². The number of aliphatic hydroxyl groups is 1. The van der Waals surface area contributed by atoms with Crippen LogP contribution in [0, 0.1) is 0 Å². The first kappa shape index (κ1) is 17.4. The molecule has 0 aliphatic carbocycles. The fourth-order valence-electron chi connectivity index (χ4n) is 0.230. The van der Waals surface area contributed by atoms with E-state index in [2.05, 4.69) is 4.31 Å². The van der Waals surface area contributed by atoms with Crippen molar-refractivity contribution in [1.82, 2.24) is 0 Å². The molecule has 0 heterocycles. The highest BCUT2D eigenvalue weighted by molar-refractivity contribution is 7.60. The molecule has 5 N–H and O–H groups in total. The van der Waals surface area contributed by atoms with Gasteiger partial charge in [-0.05, 0) is 13.8 Å². The van der Waals surface area contributed by atoms with E-state index in [1.165, 1.54) is 0 Å². The summed E-state index contributed by atoms with van der Waals surface area (Å²) < 4.78 is 22.2. The van der Waals surface area contributed by atoms with Crippen molar-refractivity contribution in [2.45, 2.75) is 13.8 Å². The summed E-state index contributed by atoms with van der Waals surface area (Å²) >= 11 is 0. The largest absolute Gasteiger partial charge is 0.478 e. The van der Waals surface area contributed by atoms with Gasteiger partial charge >= 0.3 is 15.6 Å². The van der Waals surface area contributed by atoms with Gasteiger partial charge in [-0.2, -0.15) is 4.31 Å². The summed E-state index contributed by atoms with van der Waals surface area (Å²) in [6.45, 7) is 3.99. The average molecular weight is 264 g/mol. The van der Waals surface area contributed by atoms with E-state index in [0.29, 0.717) is 0 Å². The molecule has 0 fully saturated rings. The van der Waals surface area contributed by atoms with Gasteiger partial charge in [-0.1, -0.05) is 11.6 Å². The number of hydrogen-bond acceptors (Lipinski definition) is 4. The van der Waals surface area contributed by atoms with Crippen LogP contribution in [0.5, 0.6) is 0 Å². The quantitative estimate of drug-likeness (QED) is 0.357. The molecule has 0 atom stereocenters. The van der Waals surface area contributed by atoms with Crippen molar-refractivity contribution >= 4 is 15.6 Å². The number of phosphoric acid groups is 2. The van der Waals surface area contributed by atoms with Crippen molar-refractivity contribution < 1.29 is 38.1 Å². The van der Waals surface area contributed by atoms with E-state index < -0.39 is 15.6 Å². The standard InChI is InChI=1S/C5H10O.H4O7P2/c1-3-5(2)4-6;1-8(2,3)7-9(4,5)6/h3,6H,4H2,1-2H3;(H2,1,2,3)(H2,4,5,6)/b5-3+;. The third-order valence-electron chi connectivity index (χ3n) is 0.955. The maximum absolute atomic E-state index is 9.63. The van der Waals surface area contributed by atoms with Crippen molar-refractivity contribution in [3.8, 4) is 0 Å². The molecule has 0 saturated heterocycles. The molecule has 0 aromatic rings. The Bertz CT molecular complexity index is 265. The molecule has 0 rings (SSSR count). The summed E-state index contributed by atoms with van der Waals surface area (Å²) in [4.78, 5) is 31.0. The Labute approximate surface area is 86.7 Å². The monoisotopic (exact) mass is 264 g/mol. The zero-order chi connectivity index (χ0) is 12.7. The van der Waals surface area contributed by atoms with Crippen molar-refractivity contribution in [3.63, 3.8) is 0 Å². The Morgan fingerprint density at radius 1 is 1.20 bits per heavy atom. The van der Waals surface area contributed by atoms with Crippen LogP contribution in [0.3, 0.4) is 0 Å². The summed E-state index contributed by atoms with van der Waals surface area (Å²) in [6.07, 6.45) is 1.89. The first-order valence-electron chi connectivity index (χ1n) is 3.57. The van der Waals surface area contributed by atoms with Gasteiger partial charge in [0.25, 0.3) is 0 Å². The van der Waals surface area contributed by atoms with Gasteiger partial charge in [0.15, 0.2) is 0 Å². The molecule has 0 unspecified atom stereocenters. The average Bonchev–Trinajstić information content (AvgIpc) is 1.97. The van der Waals surface area contributed by atoms with Crippen LogP contribution in [0.25, 0.3) is 0 Å². The molecule has 0 saturated carbocycles. The molecule has 0 aromatic carbocycles. The SMILES string of the molecule is C/C=C(\C)CO.O=P(O)(O)OP(=O)(O)O. The maximum atomic E-state index is 9.63. The second-order valence-corrected chi connectivity index (χ2v) is 4.97. The van der Waals surface area contributed by atoms with E-state index in [1.54, 1.807) is 0 Å². The van der Waals surface area contributed by atoms with Gasteiger partial charge in [0.2, 0.25) is 0 Å². The van der Waals surface area contributed by atoms with Gasteiger partial charge in [0, 0.05) is 0 Å². The summed E-state index contributed by atoms with van der Waals surface area (Å²) in [5.74, 6) is 0. The number of allylic oxidation sites excluding steroid dienone is 1. The molecule has 0 spiro atoms. The predicted molar refractivity (Wildman–Crippen MR) is 51.7 cm³/mol. The van der Waals surface area contributed by atoms with Gasteiger partial charge < -0.3 is 24.7 Å². The molecular weight excluding hydrogens is 250 g/mol. The normalized spacial score (nSPS) is 13.1. The third-order valence-corrected chi connectivity index (χ3v) is 2.66. The zero-order valence-corrected chi connectivity index (χ0v) is 9.93. The summed E-state index contributed by atoms with van der Waals surface area (Å²) in [7, 11) is -10.1. The van der Waals surface area contributed by atoms with Crippen LogP contribution in [-0.4, -0.2) is 31.3 Å². The molecule has 0 aliphatic rings. The van der Waals surface area contributed by atoms with Gasteiger partial charge in [-0.15, -0.1) is 0 Å². The second-order valence-electron chi connectivity index (χ2n) is 2.36. The van der Waals surface area contributed by atoms with Crippen LogP contribution < -0.4 is 0 Å². The Morgan fingerprint density at radius 2 is 1.53 bits per heavy atom.